The molecular formula is C62H56Cl2F4N28O4S2. The van der Waals surface area contributed by atoms with Crippen molar-refractivity contribution in [2.75, 3.05) is 110 Å². The van der Waals surface area contributed by atoms with Crippen molar-refractivity contribution in [2.45, 2.75) is 25.7 Å². The largest absolute Gasteiger partial charge is 0.394 e. The van der Waals surface area contributed by atoms with Crippen LogP contribution in [0, 0.1) is 23.3 Å². The molecule has 3 aliphatic rings. The van der Waals surface area contributed by atoms with Gasteiger partial charge in [-0.25, -0.2) is 52.4 Å². The van der Waals surface area contributed by atoms with Gasteiger partial charge in [-0.05, 0) is 36.4 Å². The molecule has 0 spiro atoms. The summed E-state index contributed by atoms with van der Waals surface area (Å²) in [7, 11) is 1.85. The summed E-state index contributed by atoms with van der Waals surface area (Å²) in [5.41, 5.74) is 8.43. The number of hydrogen-bond acceptors (Lipinski definition) is 27. The molecule has 522 valence electrons. The Bertz CT molecular complexity index is 5260. The lowest BCUT2D eigenvalue weighted by molar-refractivity contribution is 0.0718. The summed E-state index contributed by atoms with van der Waals surface area (Å²) < 4.78 is 78.9. The van der Waals surface area contributed by atoms with Gasteiger partial charge in [0.2, 0.25) is 17.8 Å². The van der Waals surface area contributed by atoms with Crippen LogP contribution in [0.5, 0.6) is 0 Å². The average Bonchev–Trinajstić information content (AvgIpc) is 1.60. The lowest BCUT2D eigenvalue weighted by Crippen LogP contribution is -2.48. The smallest absolute Gasteiger partial charge is 0.229 e. The molecule has 3 aromatic carbocycles. The van der Waals surface area contributed by atoms with Crippen LogP contribution < -0.4 is 30.7 Å². The summed E-state index contributed by atoms with van der Waals surface area (Å²) in [6.07, 6.45) is 12.1. The number of anilines is 6. The fraction of sp³-hybridized carbons (Fsp3) is 0.274. The highest BCUT2D eigenvalue weighted by molar-refractivity contribution is 7.12. The molecule has 40 heteroatoms. The van der Waals surface area contributed by atoms with Crippen LogP contribution in [0.25, 0.3) is 82.4 Å². The number of benzene rings is 3. The third-order valence-corrected chi connectivity index (χ3v) is 19.0. The van der Waals surface area contributed by atoms with Crippen molar-refractivity contribution >= 4 is 148 Å². The van der Waals surface area contributed by atoms with E-state index < -0.39 is 23.3 Å². The van der Waals surface area contributed by atoms with E-state index in [1.807, 2.05) is 42.1 Å². The van der Waals surface area contributed by atoms with Crippen LogP contribution in [0.4, 0.5) is 52.9 Å². The Morgan fingerprint density at radius 2 is 1.10 bits per heavy atom. The maximum absolute atomic E-state index is 14.0. The molecule has 102 heavy (non-hydrogen) atoms. The number of nitrogens with zero attached hydrogens (tertiary/aromatic N) is 22. The van der Waals surface area contributed by atoms with E-state index in [9.17, 15) is 22.7 Å². The molecule has 3 aliphatic heterocycles. The van der Waals surface area contributed by atoms with Gasteiger partial charge < -0.3 is 64.9 Å². The van der Waals surface area contributed by atoms with E-state index in [0.29, 0.717) is 186 Å². The van der Waals surface area contributed by atoms with Gasteiger partial charge in [-0.15, -0.1) is 22.7 Å². The Morgan fingerprint density at radius 1 is 0.569 bits per heavy atom. The minimum atomic E-state index is -0.976. The molecule has 0 saturated carbocycles. The van der Waals surface area contributed by atoms with E-state index >= 15 is 0 Å². The zero-order chi connectivity index (χ0) is 69.5. The number of aromatic amines is 3. The number of rotatable bonds is 16. The molecular weight excluding hydrogens is 1410 g/mol. The number of aliphatic hydroxyl groups is 1. The van der Waals surface area contributed by atoms with E-state index in [0.717, 1.165) is 39.0 Å². The van der Waals surface area contributed by atoms with E-state index in [2.05, 4.69) is 80.8 Å². The van der Waals surface area contributed by atoms with Crippen molar-refractivity contribution in [1.82, 2.24) is 108 Å². The van der Waals surface area contributed by atoms with Crippen LogP contribution >= 0.6 is 45.9 Å². The Morgan fingerprint density at radius 3 is 1.66 bits per heavy atom. The second-order valence-electron chi connectivity index (χ2n) is 23.2. The molecule has 0 radical (unpaired) electrons. The quantitative estimate of drug-likeness (QED) is 0.0447. The number of fused-ring (bicyclic) bond motifs is 6. The molecule has 7 N–H and O–H groups in total. The number of ether oxygens (including phenoxy) is 3. The second kappa shape index (κ2) is 28.3. The predicted molar refractivity (Wildman–Crippen MR) is 373 cm³/mol. The van der Waals surface area contributed by atoms with Crippen LogP contribution in [-0.2, 0) is 40.9 Å². The third kappa shape index (κ3) is 13.2. The molecule has 15 heterocycles. The molecule has 0 bridgehead atoms. The highest BCUT2D eigenvalue weighted by Gasteiger charge is 2.29. The van der Waals surface area contributed by atoms with Crippen molar-refractivity contribution in [3.8, 4) is 15.8 Å². The fourth-order valence-corrected chi connectivity index (χ4v) is 13.2. The molecule has 18 rings (SSSR count). The van der Waals surface area contributed by atoms with Gasteiger partial charge in [0.25, 0.3) is 0 Å². The zero-order valence-corrected chi connectivity index (χ0v) is 56.6. The number of halogens is 6. The minimum Gasteiger partial charge on any atom is -0.394 e. The number of hydrogen-bond donors (Lipinski definition) is 7. The summed E-state index contributed by atoms with van der Waals surface area (Å²) in [5.74, 6) is 0.866. The van der Waals surface area contributed by atoms with Crippen molar-refractivity contribution in [2.24, 2.45) is 7.05 Å². The predicted octanol–water partition coefficient (Wildman–Crippen LogP) is 8.29. The van der Waals surface area contributed by atoms with Crippen molar-refractivity contribution in [1.29, 1.82) is 0 Å². The van der Waals surface area contributed by atoms with Crippen molar-refractivity contribution in [3.05, 3.63) is 142 Å². The fourth-order valence-electron chi connectivity index (χ4n) is 11.7. The average molecular weight is 1470 g/mol. The molecule has 12 aromatic heterocycles. The highest BCUT2D eigenvalue weighted by atomic mass is 35.5. The van der Waals surface area contributed by atoms with Gasteiger partial charge in [0.1, 0.15) is 52.5 Å². The van der Waals surface area contributed by atoms with Crippen LogP contribution in [-0.4, -0.2) is 198 Å². The molecule has 32 nitrogen and oxygen atoms in total. The highest BCUT2D eigenvalue weighted by Crippen LogP contribution is 2.33. The summed E-state index contributed by atoms with van der Waals surface area (Å²) in [4.78, 5) is 79.0. The summed E-state index contributed by atoms with van der Waals surface area (Å²) >= 11 is 15.2. The van der Waals surface area contributed by atoms with Crippen LogP contribution in [0.2, 0.25) is 10.0 Å². The van der Waals surface area contributed by atoms with Gasteiger partial charge in [0, 0.05) is 57.5 Å². The van der Waals surface area contributed by atoms with E-state index in [1.54, 1.807) is 59.9 Å². The Hall–Kier alpha value is -10.9. The van der Waals surface area contributed by atoms with Gasteiger partial charge >= 0.3 is 0 Å². The number of morpholine rings is 3. The van der Waals surface area contributed by atoms with Crippen molar-refractivity contribution in [3.63, 3.8) is 0 Å². The van der Waals surface area contributed by atoms with Gasteiger partial charge in [-0.1, -0.05) is 23.2 Å². The first kappa shape index (κ1) is 65.7. The van der Waals surface area contributed by atoms with E-state index in [4.69, 9.17) is 67.3 Å². The van der Waals surface area contributed by atoms with Gasteiger partial charge in [0.15, 0.2) is 79.3 Å². The molecule has 1 atom stereocenters. The number of aliphatic hydroxyl groups excluding tert-OH is 1. The topological polar surface area (TPSA) is 354 Å². The number of H-pyrrole nitrogens is 3. The standard InChI is InChI=1S/C22H22Cl2N10O2.2C20H17F2N9OS/c1-32-8-12(6-27-32)34-11-26-19-20(25-7-18-28-16-4-14(23)15(24)5-17(16)29-18)30-22(31-21(19)34)33-2-3-36-10-13(33)9-35;21-11-1-2-12-15(14(11)22)27-13(26-12)9-24-17-16-18(31(10-25-16)20-23-3-8-33-20)29-19(28-17)30-4-6-32-7-5-30;21-11-1-2-12-16(15(11)22)27-13(26-12)7-24-18-17-19(31(9-25-17)14-8-23-10-33-14)29-20(28-18)30-3-5-32-6-4-30/h4-6,8,11,13,35H,2-3,7,9-10H2,1H3,(H,28,29)(H,25,30,31);1-3,8,10H,4-7,9H2,(H,26,27)(H,24,28,29);1-2,8-10H,3-7H2,(H,26,27)(H,24,28,29)/t13-;;/m1../s1. The van der Waals surface area contributed by atoms with Gasteiger partial charge in [-0.3, -0.25) is 23.4 Å². The van der Waals surface area contributed by atoms with E-state index in [1.165, 1.54) is 34.8 Å². The maximum atomic E-state index is 14.0. The van der Waals surface area contributed by atoms with Crippen molar-refractivity contribution < 1.29 is 36.9 Å². The Labute approximate surface area is 589 Å². The van der Waals surface area contributed by atoms with E-state index in [-0.39, 0.29) is 36.8 Å². The first-order chi connectivity index (χ1) is 49.8. The minimum absolute atomic E-state index is 0.0388. The lowest BCUT2D eigenvalue weighted by Gasteiger charge is -2.34. The Balaban J connectivity index is 0.000000119. The molecule has 3 fully saturated rings. The summed E-state index contributed by atoms with van der Waals surface area (Å²) in [6.45, 7) is 7.23. The number of nitrogens with one attached hydrogen (secondary N) is 6. The number of thiazole rings is 2. The SMILES string of the molecule is Cn1cc(-n2cnc3c(NCc4nc5cc(Cl)c(Cl)cc5[nH]4)nc(N4CCOC[C@H]4CO)nc32)cn1.Fc1ccc2[nH]c(CNc3nc(N4CCOCC4)nc4c3ncn4-c3cncs3)nc2c1F.Fc1ccc2[nH]c(CNc3nc(N4CCOCC4)nc4c3ncn4-c3nccs3)nc2c1F. The third-order valence-electron chi connectivity index (χ3n) is 16.7. The van der Waals surface area contributed by atoms with Gasteiger partial charge in [-0.2, -0.15) is 35.0 Å². The summed E-state index contributed by atoms with van der Waals surface area (Å²) in [6, 6.07) is 8.29. The molecule has 0 amide bonds. The first-order valence-electron chi connectivity index (χ1n) is 31.7. The molecule has 0 aliphatic carbocycles. The number of aryl methyl sites for hydroxylation is 1. The zero-order valence-electron chi connectivity index (χ0n) is 53.4. The maximum Gasteiger partial charge on any atom is 0.229 e. The molecule has 0 unspecified atom stereocenters. The molecule has 3 saturated heterocycles. The molecule has 15 aromatic rings. The number of imidazole rings is 6. The van der Waals surface area contributed by atoms with Crippen LogP contribution in [0.3, 0.4) is 0 Å². The monoisotopic (exact) mass is 1470 g/mol. The summed E-state index contributed by atoms with van der Waals surface area (Å²) in [5, 5.41) is 28.4. The number of aromatic nitrogens is 22. The first-order valence-corrected chi connectivity index (χ1v) is 34.2. The van der Waals surface area contributed by atoms with Gasteiger partial charge in [0.05, 0.1) is 128 Å². The normalized spacial score (nSPS) is 15.1. The lowest BCUT2D eigenvalue weighted by atomic mass is 10.2. The van der Waals surface area contributed by atoms with Crippen LogP contribution in [0.1, 0.15) is 17.5 Å². The second-order valence-corrected chi connectivity index (χ2v) is 25.8. The van der Waals surface area contributed by atoms with Crippen LogP contribution in [0.15, 0.2) is 91.1 Å². The Kier molecular flexibility index (Phi) is 18.2.